The molecule has 0 aliphatic carbocycles. The fourth-order valence-electron chi connectivity index (χ4n) is 4.01. The van der Waals surface area contributed by atoms with Gasteiger partial charge in [-0.1, -0.05) is 12.1 Å². The minimum absolute atomic E-state index is 0.0372. The number of hydrogen-bond donors (Lipinski definition) is 5. The highest BCUT2D eigenvalue weighted by Crippen LogP contribution is 2.37. The van der Waals surface area contributed by atoms with Crippen molar-refractivity contribution < 1.29 is 37.7 Å². The van der Waals surface area contributed by atoms with Gasteiger partial charge >= 0.3 is 18.1 Å². The number of carboxylic acids is 2. The van der Waals surface area contributed by atoms with E-state index in [0.29, 0.717) is 6.61 Å². The number of rotatable bonds is 10. The first-order valence-corrected chi connectivity index (χ1v) is 12.6. The van der Waals surface area contributed by atoms with Crippen LogP contribution in [-0.2, 0) is 9.59 Å². The van der Waals surface area contributed by atoms with Crippen molar-refractivity contribution in [1.29, 1.82) is 0 Å². The fraction of sp³-hybridized carbons (Fsp3) is 0.240. The van der Waals surface area contributed by atoms with Crippen LogP contribution in [0.25, 0.3) is 21.9 Å². The number of aromatic amines is 2. The van der Waals surface area contributed by atoms with Gasteiger partial charge < -0.3 is 30.2 Å². The van der Waals surface area contributed by atoms with E-state index in [1.54, 1.807) is 12.4 Å². The second kappa shape index (κ2) is 12.5. The quantitative estimate of drug-likeness (QED) is 0.144. The Bertz CT molecular complexity index is 1580. The summed E-state index contributed by atoms with van der Waals surface area (Å²) in [4.78, 5) is 31.0. The van der Waals surface area contributed by atoms with E-state index < -0.39 is 18.1 Å². The smallest absolute Gasteiger partial charge is 0.490 e. The first-order chi connectivity index (χ1) is 19.1. The van der Waals surface area contributed by atoms with E-state index in [-0.39, 0.29) is 12.3 Å². The highest BCUT2D eigenvalue weighted by atomic mass is 32.1. The Morgan fingerprint density at radius 2 is 1.90 bits per heavy atom. The van der Waals surface area contributed by atoms with E-state index >= 15 is 0 Å². The van der Waals surface area contributed by atoms with Crippen LogP contribution >= 0.6 is 11.7 Å². The zero-order valence-corrected chi connectivity index (χ0v) is 21.4. The molecule has 15 heteroatoms. The average molecular weight is 577 g/mol. The number of H-pyrrole nitrogens is 2. The molecule has 11 nitrogen and oxygen atoms in total. The average Bonchev–Trinajstić information content (AvgIpc) is 3.67. The van der Waals surface area contributed by atoms with Crippen LogP contribution in [-0.4, -0.2) is 65.2 Å². The lowest BCUT2D eigenvalue weighted by Gasteiger charge is -2.15. The number of carboxylic acid groups (broad SMARTS) is 2. The molecular formula is C25H23F3N6O5S. The van der Waals surface area contributed by atoms with Gasteiger partial charge in [-0.25, -0.2) is 9.78 Å². The summed E-state index contributed by atoms with van der Waals surface area (Å²) in [5, 5.41) is 20.9. The summed E-state index contributed by atoms with van der Waals surface area (Å²) in [7, 11) is 0. The standard InChI is InChI=1S/C23H22N6O3S.C2HF3O2/c30-21(31)12-17(16-3-1-4-19-22(16)29-33-28-19)18-13-27-20-11-14(5-6-15(18)20)32-10-2-7-24-23-25-8-9-26-23;3-2(4,5)1(6)7/h1,3-6,8-9,11,13,17,27H,2,7,10,12H2,(H,30,31)(H2,24,25,26);(H,6,7). The van der Waals surface area contributed by atoms with Crippen LogP contribution in [0.5, 0.6) is 5.75 Å². The number of carbonyl (C=O) groups is 2. The van der Waals surface area contributed by atoms with Gasteiger partial charge in [-0.05, 0) is 35.7 Å². The van der Waals surface area contributed by atoms with Crippen LogP contribution in [0.4, 0.5) is 19.1 Å². The number of ether oxygens (including phenoxy) is 1. The molecule has 0 amide bonds. The van der Waals surface area contributed by atoms with Gasteiger partial charge in [0.1, 0.15) is 16.8 Å². The highest BCUT2D eigenvalue weighted by Gasteiger charge is 2.38. The van der Waals surface area contributed by atoms with Crippen LogP contribution in [0.1, 0.15) is 29.9 Å². The summed E-state index contributed by atoms with van der Waals surface area (Å²) in [6.07, 6.45) is 1.06. The van der Waals surface area contributed by atoms with E-state index in [1.807, 2.05) is 42.6 Å². The number of fused-ring (bicyclic) bond motifs is 2. The van der Waals surface area contributed by atoms with Crippen molar-refractivity contribution in [2.45, 2.75) is 24.9 Å². The van der Waals surface area contributed by atoms with Crippen LogP contribution in [0.2, 0.25) is 0 Å². The summed E-state index contributed by atoms with van der Waals surface area (Å²) < 4.78 is 46.3. The van der Waals surface area contributed by atoms with E-state index in [1.165, 1.54) is 0 Å². The van der Waals surface area contributed by atoms with E-state index in [4.69, 9.17) is 14.6 Å². The lowest BCUT2D eigenvalue weighted by atomic mass is 9.87. The topological polar surface area (TPSA) is 166 Å². The number of benzene rings is 2. The number of alkyl halides is 3. The molecule has 5 rings (SSSR count). The van der Waals surface area contributed by atoms with Crippen molar-refractivity contribution in [1.82, 2.24) is 23.7 Å². The van der Waals surface area contributed by atoms with E-state index in [2.05, 4.69) is 29.0 Å². The van der Waals surface area contributed by atoms with Crippen molar-refractivity contribution in [2.24, 2.45) is 0 Å². The van der Waals surface area contributed by atoms with Gasteiger partial charge in [-0.3, -0.25) is 4.79 Å². The van der Waals surface area contributed by atoms with Gasteiger partial charge in [0.05, 0.1) is 24.8 Å². The van der Waals surface area contributed by atoms with Crippen LogP contribution in [0, 0.1) is 0 Å². The molecule has 0 fully saturated rings. The summed E-state index contributed by atoms with van der Waals surface area (Å²) in [6.45, 7) is 1.31. The van der Waals surface area contributed by atoms with Crippen molar-refractivity contribution >= 4 is 51.6 Å². The Morgan fingerprint density at radius 1 is 1.10 bits per heavy atom. The third kappa shape index (κ3) is 7.05. The number of nitrogens with one attached hydrogen (secondary N) is 3. The Labute approximate surface area is 228 Å². The van der Waals surface area contributed by atoms with Gasteiger partial charge in [0.25, 0.3) is 0 Å². The van der Waals surface area contributed by atoms with Crippen molar-refractivity contribution in [2.75, 3.05) is 18.5 Å². The Hall–Kier alpha value is -4.66. The molecule has 0 aliphatic heterocycles. The third-order valence-corrected chi connectivity index (χ3v) is 6.30. The number of anilines is 1. The molecule has 0 bridgehead atoms. The van der Waals surface area contributed by atoms with Gasteiger partial charge in [0.2, 0.25) is 0 Å². The van der Waals surface area contributed by atoms with Crippen LogP contribution < -0.4 is 10.1 Å². The fourth-order valence-corrected chi connectivity index (χ4v) is 4.56. The molecule has 210 valence electrons. The molecule has 3 aromatic heterocycles. The summed E-state index contributed by atoms with van der Waals surface area (Å²) in [5.74, 6) is -2.46. The second-order valence-electron chi connectivity index (χ2n) is 8.45. The number of aromatic nitrogens is 5. The minimum atomic E-state index is -5.08. The highest BCUT2D eigenvalue weighted by molar-refractivity contribution is 7.00. The van der Waals surface area contributed by atoms with Crippen LogP contribution in [0.3, 0.4) is 0 Å². The normalized spacial score (nSPS) is 12.1. The minimum Gasteiger partial charge on any atom is -0.493 e. The molecule has 0 saturated heterocycles. The molecule has 0 saturated carbocycles. The van der Waals surface area contributed by atoms with Crippen molar-refractivity contribution in [3.8, 4) is 5.75 Å². The zero-order valence-electron chi connectivity index (χ0n) is 20.6. The van der Waals surface area contributed by atoms with Crippen molar-refractivity contribution in [3.63, 3.8) is 0 Å². The maximum absolute atomic E-state index is 11.7. The van der Waals surface area contributed by atoms with Gasteiger partial charge in [-0.15, -0.1) is 0 Å². The summed E-state index contributed by atoms with van der Waals surface area (Å²) >= 11 is 1.13. The lowest BCUT2D eigenvalue weighted by molar-refractivity contribution is -0.192. The SMILES string of the molecule is O=C(O)C(F)(F)F.O=C(O)CC(c1c[nH]c2cc(OCCCNc3ncc[nH]3)ccc12)c1cccc2nsnc12. The number of halogens is 3. The number of aliphatic carboxylic acids is 2. The zero-order chi connectivity index (χ0) is 28.7. The molecule has 5 aromatic rings. The van der Waals surface area contributed by atoms with Crippen molar-refractivity contribution in [3.05, 3.63) is 66.1 Å². The van der Waals surface area contributed by atoms with E-state index in [0.717, 1.165) is 69.5 Å². The van der Waals surface area contributed by atoms with Crippen LogP contribution in [0.15, 0.2) is 55.0 Å². The Kier molecular flexibility index (Phi) is 8.83. The molecular weight excluding hydrogens is 553 g/mol. The second-order valence-corrected chi connectivity index (χ2v) is 8.98. The predicted octanol–water partition coefficient (Wildman–Crippen LogP) is 5.02. The molecule has 40 heavy (non-hydrogen) atoms. The van der Waals surface area contributed by atoms with E-state index in [9.17, 15) is 23.1 Å². The molecule has 3 heterocycles. The molecule has 2 aromatic carbocycles. The number of imidazole rings is 1. The maximum Gasteiger partial charge on any atom is 0.490 e. The molecule has 0 radical (unpaired) electrons. The summed E-state index contributed by atoms with van der Waals surface area (Å²) in [5.41, 5.74) is 4.22. The number of hydrogen-bond acceptors (Lipinski definition) is 8. The maximum atomic E-state index is 11.7. The summed E-state index contributed by atoms with van der Waals surface area (Å²) in [6, 6.07) is 11.6. The van der Waals surface area contributed by atoms with Gasteiger partial charge in [0.15, 0.2) is 5.95 Å². The Morgan fingerprint density at radius 3 is 2.60 bits per heavy atom. The Balaban J connectivity index is 0.000000470. The first kappa shape index (κ1) is 28.4. The largest absolute Gasteiger partial charge is 0.493 e. The monoisotopic (exact) mass is 576 g/mol. The predicted molar refractivity (Wildman–Crippen MR) is 141 cm³/mol. The molecule has 1 unspecified atom stereocenters. The molecule has 5 N–H and O–H groups in total. The number of nitrogens with zero attached hydrogens (tertiary/aromatic N) is 3. The third-order valence-electron chi connectivity index (χ3n) is 5.76. The molecule has 0 spiro atoms. The molecule has 1 atom stereocenters. The lowest BCUT2D eigenvalue weighted by Crippen LogP contribution is -2.21. The first-order valence-electron chi connectivity index (χ1n) is 11.8. The van der Waals surface area contributed by atoms with Gasteiger partial charge in [0, 0.05) is 48.0 Å². The molecule has 0 aliphatic rings. The van der Waals surface area contributed by atoms with Gasteiger partial charge in [-0.2, -0.15) is 21.9 Å².